The average Bonchev–Trinajstić information content (AvgIpc) is 2.88. The largest absolute Gasteiger partial charge is 0.300 e. The lowest BCUT2D eigenvalue weighted by atomic mass is 9.69. The second-order valence-corrected chi connectivity index (χ2v) is 9.57. The molecule has 4 saturated heterocycles. The van der Waals surface area contributed by atoms with Gasteiger partial charge in [0.2, 0.25) is 0 Å². The monoisotopic (exact) mass is 368 g/mol. The SMILES string of the molecule is CCC12CN3CCN(CC(C3)/C1=N/NC(=O)c1ccc(C(C)(C)C)cc1)C2. The molecule has 0 radical (unpaired) electrons. The molecule has 2 atom stereocenters. The zero-order valence-corrected chi connectivity index (χ0v) is 17.1. The number of nitrogens with one attached hydrogen (secondary N) is 1. The lowest BCUT2D eigenvalue weighted by molar-refractivity contribution is 0.0943. The first kappa shape index (κ1) is 18.6. The second-order valence-electron chi connectivity index (χ2n) is 9.57. The Hall–Kier alpha value is -1.72. The van der Waals surface area contributed by atoms with Crippen LogP contribution in [0.3, 0.4) is 0 Å². The van der Waals surface area contributed by atoms with Crippen LogP contribution in [0.15, 0.2) is 29.4 Å². The molecule has 4 heterocycles. The van der Waals surface area contributed by atoms with Crippen LogP contribution in [0.4, 0.5) is 0 Å². The molecule has 146 valence electrons. The lowest BCUT2D eigenvalue weighted by Gasteiger charge is -2.50. The number of benzene rings is 1. The Morgan fingerprint density at radius 1 is 1.15 bits per heavy atom. The first-order valence-electron chi connectivity index (χ1n) is 10.2. The maximum Gasteiger partial charge on any atom is 0.271 e. The van der Waals surface area contributed by atoms with E-state index in [0.717, 1.165) is 45.7 Å². The van der Waals surface area contributed by atoms with E-state index in [4.69, 9.17) is 5.10 Å². The number of amides is 1. The van der Waals surface area contributed by atoms with E-state index in [-0.39, 0.29) is 16.7 Å². The molecule has 4 bridgehead atoms. The van der Waals surface area contributed by atoms with E-state index in [0.29, 0.717) is 11.5 Å². The van der Waals surface area contributed by atoms with Crippen molar-refractivity contribution < 1.29 is 4.79 Å². The third-order valence-corrected chi connectivity index (χ3v) is 6.64. The highest BCUT2D eigenvalue weighted by Crippen LogP contribution is 2.40. The van der Waals surface area contributed by atoms with E-state index in [1.807, 2.05) is 24.3 Å². The Balaban J connectivity index is 1.53. The second kappa shape index (κ2) is 6.71. The van der Waals surface area contributed by atoms with E-state index < -0.39 is 0 Å². The summed E-state index contributed by atoms with van der Waals surface area (Å²) < 4.78 is 0. The van der Waals surface area contributed by atoms with Crippen molar-refractivity contribution in [2.45, 2.75) is 39.5 Å². The number of carbonyl (C=O) groups excluding carboxylic acids is 1. The summed E-state index contributed by atoms with van der Waals surface area (Å²) in [5.74, 6) is 0.333. The Morgan fingerprint density at radius 2 is 1.74 bits per heavy atom. The highest BCUT2D eigenvalue weighted by molar-refractivity contribution is 5.98. The summed E-state index contributed by atoms with van der Waals surface area (Å²) in [7, 11) is 0. The van der Waals surface area contributed by atoms with Gasteiger partial charge in [-0.05, 0) is 29.5 Å². The van der Waals surface area contributed by atoms with Gasteiger partial charge in [-0.15, -0.1) is 0 Å². The number of carbonyl (C=O) groups is 1. The smallest absolute Gasteiger partial charge is 0.271 e. The fraction of sp³-hybridized carbons (Fsp3) is 0.636. The third kappa shape index (κ3) is 3.43. The van der Waals surface area contributed by atoms with Crippen LogP contribution >= 0.6 is 0 Å². The van der Waals surface area contributed by atoms with Crippen LogP contribution in [-0.2, 0) is 5.41 Å². The molecule has 1 aromatic rings. The van der Waals surface area contributed by atoms with E-state index in [1.54, 1.807) is 0 Å². The first-order valence-corrected chi connectivity index (χ1v) is 10.2. The van der Waals surface area contributed by atoms with Crippen LogP contribution in [0.5, 0.6) is 0 Å². The van der Waals surface area contributed by atoms with Gasteiger partial charge in [-0.2, -0.15) is 5.10 Å². The Kier molecular flexibility index (Phi) is 4.63. The Bertz CT molecular complexity index is 731. The maximum absolute atomic E-state index is 12.7. The van der Waals surface area contributed by atoms with Crippen molar-refractivity contribution in [2.24, 2.45) is 16.4 Å². The van der Waals surface area contributed by atoms with E-state index in [2.05, 4.69) is 42.9 Å². The Morgan fingerprint density at radius 3 is 2.26 bits per heavy atom. The molecule has 4 aliphatic heterocycles. The molecule has 4 aliphatic rings. The molecule has 5 heteroatoms. The summed E-state index contributed by atoms with van der Waals surface area (Å²) in [5, 5.41) is 4.72. The Labute approximate surface area is 162 Å². The zero-order valence-electron chi connectivity index (χ0n) is 17.1. The van der Waals surface area contributed by atoms with E-state index in [9.17, 15) is 4.79 Å². The zero-order chi connectivity index (χ0) is 19.2. The molecule has 0 spiro atoms. The predicted octanol–water partition coefficient (Wildman–Crippen LogP) is 2.73. The quantitative estimate of drug-likeness (QED) is 0.835. The van der Waals surface area contributed by atoms with E-state index in [1.165, 1.54) is 11.3 Å². The van der Waals surface area contributed by atoms with Gasteiger partial charge >= 0.3 is 0 Å². The van der Waals surface area contributed by atoms with Crippen LogP contribution in [0.25, 0.3) is 0 Å². The van der Waals surface area contributed by atoms with Gasteiger partial charge in [0.1, 0.15) is 0 Å². The number of hydrogen-bond donors (Lipinski definition) is 1. The number of piperidine rings is 2. The van der Waals surface area contributed by atoms with Crippen LogP contribution < -0.4 is 5.43 Å². The highest BCUT2D eigenvalue weighted by atomic mass is 16.2. The number of nitrogens with zero attached hydrogens (tertiary/aromatic N) is 3. The molecule has 0 saturated carbocycles. The van der Waals surface area contributed by atoms with Gasteiger partial charge in [-0.25, -0.2) is 5.43 Å². The standard InChI is InChI=1S/C22H32N4O/c1-5-22-14-25-10-11-26(15-22)13-17(12-25)19(22)23-24-20(27)16-6-8-18(9-7-16)21(2,3)4/h6-9,17H,5,10-15H2,1-4H3,(H,24,27)/b23-19-. The molecule has 0 aliphatic carbocycles. The molecular formula is C22H32N4O. The van der Waals surface area contributed by atoms with Gasteiger partial charge < -0.3 is 9.80 Å². The molecule has 1 N–H and O–H groups in total. The van der Waals surface area contributed by atoms with Gasteiger partial charge in [-0.1, -0.05) is 39.8 Å². The lowest BCUT2D eigenvalue weighted by Crippen LogP contribution is -2.61. The van der Waals surface area contributed by atoms with Crippen molar-refractivity contribution in [3.8, 4) is 0 Å². The minimum Gasteiger partial charge on any atom is -0.300 e. The maximum atomic E-state index is 12.7. The predicted molar refractivity (Wildman–Crippen MR) is 109 cm³/mol. The normalized spacial score (nSPS) is 33.9. The number of hydrogen-bond acceptors (Lipinski definition) is 4. The molecule has 2 unspecified atom stereocenters. The third-order valence-electron chi connectivity index (χ3n) is 6.64. The van der Waals surface area contributed by atoms with Crippen LogP contribution in [0.1, 0.15) is 50.0 Å². The van der Waals surface area contributed by atoms with Crippen molar-refractivity contribution in [1.29, 1.82) is 0 Å². The number of rotatable bonds is 3. The van der Waals surface area contributed by atoms with Gasteiger partial charge in [0.15, 0.2) is 0 Å². The van der Waals surface area contributed by atoms with Crippen LogP contribution in [0.2, 0.25) is 0 Å². The van der Waals surface area contributed by atoms with Gasteiger partial charge in [-0.3, -0.25) is 4.79 Å². The van der Waals surface area contributed by atoms with Crippen molar-refractivity contribution >= 4 is 11.6 Å². The minimum absolute atomic E-state index is 0.0896. The van der Waals surface area contributed by atoms with Gasteiger partial charge in [0.05, 0.1) is 5.71 Å². The highest BCUT2D eigenvalue weighted by Gasteiger charge is 2.51. The van der Waals surface area contributed by atoms with Crippen LogP contribution in [-0.4, -0.2) is 60.7 Å². The summed E-state index contributed by atoms with van der Waals surface area (Å²) in [6.07, 6.45) is 1.07. The molecule has 0 aromatic heterocycles. The molecule has 1 aromatic carbocycles. The molecule has 1 amide bonds. The van der Waals surface area contributed by atoms with Crippen LogP contribution in [0, 0.1) is 11.3 Å². The van der Waals surface area contributed by atoms with Crippen molar-refractivity contribution in [1.82, 2.24) is 15.2 Å². The molecule has 4 fully saturated rings. The van der Waals surface area contributed by atoms with Crippen molar-refractivity contribution in [3.63, 3.8) is 0 Å². The average molecular weight is 369 g/mol. The first-order chi connectivity index (χ1) is 12.8. The van der Waals surface area contributed by atoms with Crippen molar-refractivity contribution in [3.05, 3.63) is 35.4 Å². The summed E-state index contributed by atoms with van der Waals surface area (Å²) in [4.78, 5) is 17.8. The molecule has 5 nitrogen and oxygen atoms in total. The summed E-state index contributed by atoms with van der Waals surface area (Å²) in [5.41, 5.74) is 6.19. The van der Waals surface area contributed by atoms with Crippen molar-refractivity contribution in [2.75, 3.05) is 39.3 Å². The fourth-order valence-electron chi connectivity index (χ4n) is 5.02. The summed E-state index contributed by atoms with van der Waals surface area (Å²) in [6, 6.07) is 7.91. The minimum atomic E-state index is -0.110. The van der Waals surface area contributed by atoms with Gasteiger partial charge in [0, 0.05) is 56.2 Å². The molecular weight excluding hydrogens is 336 g/mol. The number of hydrazone groups is 1. The summed E-state index contributed by atoms with van der Waals surface area (Å²) in [6.45, 7) is 15.4. The topological polar surface area (TPSA) is 47.9 Å². The molecule has 27 heavy (non-hydrogen) atoms. The fourth-order valence-corrected chi connectivity index (χ4v) is 5.02. The number of fused-ring (bicyclic) bond motifs is 1. The van der Waals surface area contributed by atoms with E-state index >= 15 is 0 Å². The molecule has 5 rings (SSSR count). The summed E-state index contributed by atoms with van der Waals surface area (Å²) >= 11 is 0. The van der Waals surface area contributed by atoms with Gasteiger partial charge in [0.25, 0.3) is 5.91 Å².